The summed E-state index contributed by atoms with van der Waals surface area (Å²) in [4.78, 5) is 11.9. The van der Waals surface area contributed by atoms with Gasteiger partial charge < -0.3 is 5.32 Å². The van der Waals surface area contributed by atoms with Gasteiger partial charge in [-0.15, -0.1) is 0 Å². The van der Waals surface area contributed by atoms with Crippen molar-refractivity contribution in [3.8, 4) is 0 Å². The molecule has 0 radical (unpaired) electrons. The number of nitrogens with one attached hydrogen (secondary N) is 1. The molecule has 5 aliphatic rings. The topological polar surface area (TPSA) is 41.1 Å². The molecule has 0 amide bonds. The number of anilines is 1. The van der Waals surface area contributed by atoms with E-state index in [1.54, 1.807) is 6.33 Å². The van der Waals surface area contributed by atoms with Gasteiger partial charge in [-0.2, -0.15) is 0 Å². The molecule has 4 saturated carbocycles. The lowest BCUT2D eigenvalue weighted by atomic mass is 9.36. The molecule has 4 heteroatoms. The normalized spacial score (nSPS) is 38.0. The maximum atomic E-state index is 4.73. The molecule has 0 spiro atoms. The SMILES string of the molecule is CC12CC3(C)CC(C)(C1)CC(CNc1ncnc4c1CCN(Cc1ccccc1)C4)(C2)C3. The molecule has 4 fully saturated rings. The standard InChI is InChI=1S/C28H38N4/c1-25-13-26(2)15-27(3,14-25)18-28(16-25,17-26)19-29-24-22-9-10-32(12-23(22)30-20-31-24)11-21-7-5-4-6-8-21/h4-8,20H,9-19H2,1-3H3,(H,29,30,31). The Bertz CT molecular complexity index is 962. The van der Waals surface area contributed by atoms with Crippen LogP contribution in [0.4, 0.5) is 5.82 Å². The van der Waals surface area contributed by atoms with Crippen LogP contribution in [0.2, 0.25) is 0 Å². The van der Waals surface area contributed by atoms with Crippen molar-refractivity contribution in [3.05, 3.63) is 53.5 Å². The zero-order valence-corrected chi connectivity index (χ0v) is 20.1. The Morgan fingerprint density at radius 2 is 1.53 bits per heavy atom. The molecule has 4 bridgehead atoms. The average molecular weight is 431 g/mol. The molecule has 170 valence electrons. The fraction of sp³-hybridized carbons (Fsp3) is 0.643. The summed E-state index contributed by atoms with van der Waals surface area (Å²) in [7, 11) is 0. The van der Waals surface area contributed by atoms with Gasteiger partial charge in [0.1, 0.15) is 12.1 Å². The van der Waals surface area contributed by atoms with Crippen molar-refractivity contribution in [2.24, 2.45) is 21.7 Å². The zero-order chi connectivity index (χ0) is 22.0. The Labute approximate surface area is 193 Å². The molecule has 1 N–H and O–H groups in total. The van der Waals surface area contributed by atoms with Crippen molar-refractivity contribution >= 4 is 5.82 Å². The van der Waals surface area contributed by atoms with Crippen molar-refractivity contribution in [3.63, 3.8) is 0 Å². The summed E-state index contributed by atoms with van der Waals surface area (Å²) >= 11 is 0. The number of hydrogen-bond donors (Lipinski definition) is 1. The number of hydrogen-bond acceptors (Lipinski definition) is 4. The van der Waals surface area contributed by atoms with Crippen molar-refractivity contribution < 1.29 is 0 Å². The summed E-state index contributed by atoms with van der Waals surface area (Å²) < 4.78 is 0. The monoisotopic (exact) mass is 430 g/mol. The molecule has 1 aromatic carbocycles. The molecule has 2 heterocycles. The predicted molar refractivity (Wildman–Crippen MR) is 129 cm³/mol. The zero-order valence-electron chi connectivity index (χ0n) is 20.1. The second-order valence-electron chi connectivity index (χ2n) is 12.9. The Morgan fingerprint density at radius 1 is 0.875 bits per heavy atom. The maximum Gasteiger partial charge on any atom is 0.132 e. The van der Waals surface area contributed by atoms with Crippen LogP contribution in [0.1, 0.15) is 76.1 Å². The number of benzene rings is 1. The summed E-state index contributed by atoms with van der Waals surface area (Å²) in [5.74, 6) is 1.10. The third kappa shape index (κ3) is 3.65. The van der Waals surface area contributed by atoms with Crippen LogP contribution in [0.5, 0.6) is 0 Å². The van der Waals surface area contributed by atoms with Crippen LogP contribution in [0.15, 0.2) is 36.7 Å². The fourth-order valence-corrected chi connectivity index (χ4v) is 9.55. The van der Waals surface area contributed by atoms with E-state index in [1.165, 1.54) is 55.3 Å². The smallest absolute Gasteiger partial charge is 0.132 e. The highest BCUT2D eigenvalue weighted by Crippen LogP contribution is 2.73. The molecule has 2 aromatic rings. The molecular weight excluding hydrogens is 392 g/mol. The highest BCUT2D eigenvalue weighted by Gasteiger charge is 2.63. The van der Waals surface area contributed by atoms with E-state index in [-0.39, 0.29) is 0 Å². The number of aromatic nitrogens is 2. The lowest BCUT2D eigenvalue weighted by Crippen LogP contribution is -2.60. The number of rotatable bonds is 5. The molecule has 1 aromatic heterocycles. The molecule has 32 heavy (non-hydrogen) atoms. The first kappa shape index (κ1) is 20.7. The third-order valence-corrected chi connectivity index (χ3v) is 8.93. The van der Waals surface area contributed by atoms with Crippen LogP contribution in [-0.2, 0) is 19.5 Å². The van der Waals surface area contributed by atoms with Gasteiger partial charge in [-0.1, -0.05) is 51.1 Å². The highest BCUT2D eigenvalue weighted by atomic mass is 15.1. The average Bonchev–Trinajstić information content (AvgIpc) is 2.69. The maximum absolute atomic E-state index is 4.73. The number of nitrogens with zero attached hydrogens (tertiary/aromatic N) is 3. The fourth-order valence-electron chi connectivity index (χ4n) is 9.55. The molecule has 7 rings (SSSR count). The quantitative estimate of drug-likeness (QED) is 0.648. The number of fused-ring (bicyclic) bond motifs is 1. The Hall–Kier alpha value is -1.94. The van der Waals surface area contributed by atoms with Crippen molar-refractivity contribution in [1.82, 2.24) is 14.9 Å². The van der Waals surface area contributed by atoms with Gasteiger partial charge in [-0.05, 0) is 72.2 Å². The molecule has 4 nitrogen and oxygen atoms in total. The van der Waals surface area contributed by atoms with Gasteiger partial charge in [-0.25, -0.2) is 9.97 Å². The molecule has 1 aliphatic heterocycles. The Balaban J connectivity index is 1.18. The van der Waals surface area contributed by atoms with Gasteiger partial charge in [0.05, 0.1) is 5.69 Å². The minimum Gasteiger partial charge on any atom is -0.369 e. The van der Waals surface area contributed by atoms with Gasteiger partial charge in [0.2, 0.25) is 0 Å². The van der Waals surface area contributed by atoms with Gasteiger partial charge in [0.25, 0.3) is 0 Å². The second-order valence-corrected chi connectivity index (χ2v) is 12.9. The van der Waals surface area contributed by atoms with Crippen LogP contribution in [-0.4, -0.2) is 28.0 Å². The van der Waals surface area contributed by atoms with Gasteiger partial charge in [0.15, 0.2) is 0 Å². The van der Waals surface area contributed by atoms with Crippen molar-refractivity contribution in [1.29, 1.82) is 0 Å². The first-order chi connectivity index (χ1) is 15.3. The first-order valence-corrected chi connectivity index (χ1v) is 12.6. The van der Waals surface area contributed by atoms with E-state index in [1.807, 2.05) is 0 Å². The van der Waals surface area contributed by atoms with Gasteiger partial charge in [-0.3, -0.25) is 4.90 Å². The van der Waals surface area contributed by atoms with Crippen LogP contribution in [0.25, 0.3) is 0 Å². The second kappa shape index (κ2) is 7.03. The van der Waals surface area contributed by atoms with Crippen LogP contribution in [0, 0.1) is 21.7 Å². The third-order valence-electron chi connectivity index (χ3n) is 8.93. The van der Waals surface area contributed by atoms with E-state index < -0.39 is 0 Å². The van der Waals surface area contributed by atoms with E-state index in [0.29, 0.717) is 21.7 Å². The minimum atomic E-state index is 0.429. The molecule has 0 atom stereocenters. The van der Waals surface area contributed by atoms with Crippen LogP contribution in [0.3, 0.4) is 0 Å². The lowest BCUT2D eigenvalue weighted by molar-refractivity contribution is -0.178. The van der Waals surface area contributed by atoms with E-state index >= 15 is 0 Å². The minimum absolute atomic E-state index is 0.429. The summed E-state index contributed by atoms with van der Waals surface area (Å²) in [5, 5.41) is 3.88. The molecule has 0 unspecified atom stereocenters. The molecular formula is C28H38N4. The van der Waals surface area contributed by atoms with Gasteiger partial charge in [0, 0.05) is 31.7 Å². The van der Waals surface area contributed by atoms with E-state index in [0.717, 1.165) is 38.4 Å². The van der Waals surface area contributed by atoms with Crippen molar-refractivity contribution in [2.45, 2.75) is 78.8 Å². The highest BCUT2D eigenvalue weighted by molar-refractivity contribution is 5.47. The van der Waals surface area contributed by atoms with Gasteiger partial charge >= 0.3 is 0 Å². The molecule has 4 aliphatic carbocycles. The van der Waals surface area contributed by atoms with E-state index in [9.17, 15) is 0 Å². The predicted octanol–water partition coefficient (Wildman–Crippen LogP) is 5.83. The van der Waals surface area contributed by atoms with Crippen LogP contribution < -0.4 is 5.32 Å². The Morgan fingerprint density at radius 3 is 2.19 bits per heavy atom. The summed E-state index contributed by atoms with van der Waals surface area (Å²) in [6.45, 7) is 11.8. The Kier molecular flexibility index (Phi) is 4.54. The van der Waals surface area contributed by atoms with Crippen molar-refractivity contribution in [2.75, 3.05) is 18.4 Å². The summed E-state index contributed by atoms with van der Waals surface area (Å²) in [6.07, 6.45) is 11.2. The van der Waals surface area contributed by atoms with E-state index in [4.69, 9.17) is 4.98 Å². The first-order valence-electron chi connectivity index (χ1n) is 12.6. The van der Waals surface area contributed by atoms with E-state index in [2.05, 4.69) is 66.3 Å². The summed E-state index contributed by atoms with van der Waals surface area (Å²) in [6, 6.07) is 10.8. The van der Waals surface area contributed by atoms with Crippen LogP contribution >= 0.6 is 0 Å². The lowest BCUT2D eigenvalue weighted by Gasteiger charge is -2.69. The molecule has 0 saturated heterocycles. The largest absolute Gasteiger partial charge is 0.369 e. The summed E-state index contributed by atoms with van der Waals surface area (Å²) in [5.41, 5.74) is 5.96.